The standard InChI is InChI=1S/C29H34N2O2S2/c1-2-33-28(32)26-24-17-11-3-4-12-18-25(24)35-27(26)31-29(34)30-20-19-23(21-13-7-5-8-14-21)22-15-9-6-10-16-22/h5-10,13-16,23H,2-4,11-12,17-20H2,1H3,(H2,30,31,34). The van der Waals surface area contributed by atoms with Crippen LogP contribution in [0.5, 0.6) is 0 Å². The molecule has 184 valence electrons. The molecular formula is C29H34N2O2S2. The molecule has 4 rings (SSSR count). The molecule has 1 aromatic heterocycles. The van der Waals surface area contributed by atoms with E-state index in [0.717, 1.165) is 49.2 Å². The molecule has 0 bridgehead atoms. The van der Waals surface area contributed by atoms with Gasteiger partial charge in [-0.25, -0.2) is 4.79 Å². The highest BCUT2D eigenvalue weighted by atomic mass is 32.1. The Hall–Kier alpha value is -2.70. The van der Waals surface area contributed by atoms with E-state index in [4.69, 9.17) is 17.0 Å². The highest BCUT2D eigenvalue weighted by Gasteiger charge is 2.25. The van der Waals surface area contributed by atoms with Gasteiger partial charge in [0.1, 0.15) is 5.00 Å². The quantitative estimate of drug-likeness (QED) is 0.252. The average molecular weight is 507 g/mol. The molecule has 1 aliphatic carbocycles. The van der Waals surface area contributed by atoms with Gasteiger partial charge in [-0.1, -0.05) is 73.5 Å². The highest BCUT2D eigenvalue weighted by Crippen LogP contribution is 2.37. The van der Waals surface area contributed by atoms with Crippen LogP contribution in [-0.2, 0) is 17.6 Å². The van der Waals surface area contributed by atoms with Crippen molar-refractivity contribution in [3.8, 4) is 0 Å². The van der Waals surface area contributed by atoms with Crippen LogP contribution in [0.4, 0.5) is 5.00 Å². The van der Waals surface area contributed by atoms with Gasteiger partial charge in [0.05, 0.1) is 12.2 Å². The first-order valence-corrected chi connectivity index (χ1v) is 13.9. The number of aryl methyl sites for hydroxylation is 1. The number of hydrogen-bond donors (Lipinski definition) is 2. The first-order valence-electron chi connectivity index (χ1n) is 12.6. The Kier molecular flexibility index (Phi) is 9.32. The van der Waals surface area contributed by atoms with E-state index in [1.54, 1.807) is 11.3 Å². The Morgan fingerprint density at radius 3 is 2.23 bits per heavy atom. The Balaban J connectivity index is 1.45. The minimum atomic E-state index is -0.246. The van der Waals surface area contributed by atoms with Gasteiger partial charge < -0.3 is 15.4 Å². The van der Waals surface area contributed by atoms with Gasteiger partial charge in [-0.15, -0.1) is 11.3 Å². The zero-order valence-electron chi connectivity index (χ0n) is 20.3. The lowest BCUT2D eigenvalue weighted by Gasteiger charge is -2.19. The van der Waals surface area contributed by atoms with E-state index >= 15 is 0 Å². The molecule has 0 atom stereocenters. The molecule has 3 aromatic rings. The van der Waals surface area contributed by atoms with Crippen molar-refractivity contribution in [2.75, 3.05) is 18.5 Å². The summed E-state index contributed by atoms with van der Waals surface area (Å²) in [7, 11) is 0. The maximum Gasteiger partial charge on any atom is 0.341 e. The van der Waals surface area contributed by atoms with Crippen LogP contribution in [-0.4, -0.2) is 24.2 Å². The van der Waals surface area contributed by atoms with Crippen LogP contribution in [0.2, 0.25) is 0 Å². The van der Waals surface area contributed by atoms with Crippen molar-refractivity contribution >= 4 is 39.6 Å². The first kappa shape index (κ1) is 25.4. The molecule has 6 heteroatoms. The Morgan fingerprint density at radius 1 is 0.971 bits per heavy atom. The van der Waals surface area contributed by atoms with Crippen LogP contribution in [0.15, 0.2) is 60.7 Å². The average Bonchev–Trinajstić information content (AvgIpc) is 3.18. The second kappa shape index (κ2) is 12.8. The van der Waals surface area contributed by atoms with Gasteiger partial charge in [0.2, 0.25) is 0 Å². The third-order valence-corrected chi connectivity index (χ3v) is 7.95. The van der Waals surface area contributed by atoms with Crippen molar-refractivity contribution in [3.05, 3.63) is 87.8 Å². The van der Waals surface area contributed by atoms with Crippen LogP contribution >= 0.6 is 23.6 Å². The number of anilines is 1. The molecule has 0 aliphatic heterocycles. The summed E-state index contributed by atoms with van der Waals surface area (Å²) in [5, 5.41) is 8.08. The minimum absolute atomic E-state index is 0.246. The van der Waals surface area contributed by atoms with Crippen LogP contribution < -0.4 is 10.6 Å². The maximum absolute atomic E-state index is 12.9. The summed E-state index contributed by atoms with van der Waals surface area (Å²) in [6.45, 7) is 2.94. The lowest BCUT2D eigenvalue weighted by molar-refractivity contribution is 0.0526. The molecule has 0 radical (unpaired) electrons. The number of benzene rings is 2. The summed E-state index contributed by atoms with van der Waals surface area (Å²) < 4.78 is 5.42. The van der Waals surface area contributed by atoms with Crippen molar-refractivity contribution in [3.63, 3.8) is 0 Å². The lowest BCUT2D eigenvalue weighted by atomic mass is 9.88. The van der Waals surface area contributed by atoms with Crippen molar-refractivity contribution in [2.24, 2.45) is 0 Å². The fourth-order valence-corrected chi connectivity index (χ4v) is 6.35. The van der Waals surface area contributed by atoms with Gasteiger partial charge in [0.15, 0.2) is 5.11 Å². The van der Waals surface area contributed by atoms with E-state index < -0.39 is 0 Å². The molecule has 0 saturated carbocycles. The van der Waals surface area contributed by atoms with Crippen LogP contribution in [0, 0.1) is 0 Å². The molecule has 0 spiro atoms. The molecule has 35 heavy (non-hydrogen) atoms. The summed E-state index contributed by atoms with van der Waals surface area (Å²) in [6.07, 6.45) is 7.59. The number of thiocarbonyl (C=S) groups is 1. The van der Waals surface area contributed by atoms with Gasteiger partial charge >= 0.3 is 5.97 Å². The van der Waals surface area contributed by atoms with Crippen LogP contribution in [0.25, 0.3) is 0 Å². The second-order valence-electron chi connectivity index (χ2n) is 8.89. The van der Waals surface area contributed by atoms with E-state index in [1.165, 1.54) is 28.8 Å². The SMILES string of the molecule is CCOC(=O)c1c(NC(=S)NCCC(c2ccccc2)c2ccccc2)sc2c1CCCCCC2. The minimum Gasteiger partial charge on any atom is -0.462 e. The van der Waals surface area contributed by atoms with Crippen molar-refractivity contribution in [2.45, 2.75) is 57.8 Å². The van der Waals surface area contributed by atoms with Gasteiger partial charge in [-0.2, -0.15) is 0 Å². The summed E-state index contributed by atoms with van der Waals surface area (Å²) in [6, 6.07) is 21.2. The summed E-state index contributed by atoms with van der Waals surface area (Å²) in [5.41, 5.74) is 4.43. The highest BCUT2D eigenvalue weighted by molar-refractivity contribution is 7.80. The van der Waals surface area contributed by atoms with Crippen molar-refractivity contribution < 1.29 is 9.53 Å². The van der Waals surface area contributed by atoms with E-state index in [9.17, 15) is 4.79 Å². The molecule has 0 amide bonds. The topological polar surface area (TPSA) is 50.4 Å². The van der Waals surface area contributed by atoms with Gasteiger partial charge in [-0.05, 0) is 67.9 Å². The molecule has 0 fully saturated rings. The van der Waals surface area contributed by atoms with Gasteiger partial charge in [0, 0.05) is 17.3 Å². The van der Waals surface area contributed by atoms with Crippen molar-refractivity contribution in [1.29, 1.82) is 0 Å². The number of carbonyl (C=O) groups is 1. The second-order valence-corrected chi connectivity index (χ2v) is 10.4. The number of rotatable bonds is 8. The molecule has 1 aliphatic rings. The number of nitrogens with one attached hydrogen (secondary N) is 2. The predicted molar refractivity (Wildman–Crippen MR) is 150 cm³/mol. The summed E-state index contributed by atoms with van der Waals surface area (Å²) in [4.78, 5) is 14.2. The third kappa shape index (κ3) is 6.71. The Labute approximate surface area is 218 Å². The van der Waals surface area contributed by atoms with E-state index in [-0.39, 0.29) is 11.9 Å². The van der Waals surface area contributed by atoms with Gasteiger partial charge in [0.25, 0.3) is 0 Å². The molecule has 2 N–H and O–H groups in total. The molecule has 0 saturated heterocycles. The monoisotopic (exact) mass is 506 g/mol. The third-order valence-electron chi connectivity index (χ3n) is 6.50. The van der Waals surface area contributed by atoms with E-state index in [0.29, 0.717) is 17.3 Å². The zero-order valence-corrected chi connectivity index (χ0v) is 22.0. The fraction of sp³-hybridized carbons (Fsp3) is 0.379. The zero-order chi connectivity index (χ0) is 24.5. The smallest absolute Gasteiger partial charge is 0.341 e. The number of esters is 1. The first-order chi connectivity index (χ1) is 17.2. The number of hydrogen-bond acceptors (Lipinski definition) is 4. The van der Waals surface area contributed by atoms with Gasteiger partial charge in [-0.3, -0.25) is 0 Å². The normalized spacial score (nSPS) is 13.4. The Bertz CT molecular complexity index is 1070. The maximum atomic E-state index is 12.9. The Morgan fingerprint density at radius 2 is 1.60 bits per heavy atom. The van der Waals surface area contributed by atoms with E-state index in [1.807, 2.05) is 6.92 Å². The number of carbonyl (C=O) groups excluding carboxylic acids is 1. The summed E-state index contributed by atoms with van der Waals surface area (Å²) >= 11 is 7.32. The number of fused-ring (bicyclic) bond motifs is 1. The van der Waals surface area contributed by atoms with Crippen LogP contribution in [0.1, 0.15) is 76.9 Å². The van der Waals surface area contributed by atoms with Crippen molar-refractivity contribution in [1.82, 2.24) is 5.32 Å². The predicted octanol–water partition coefficient (Wildman–Crippen LogP) is 7.09. The molecule has 0 unspecified atom stereocenters. The number of thiophene rings is 1. The molecule has 2 aromatic carbocycles. The largest absolute Gasteiger partial charge is 0.462 e. The fourth-order valence-electron chi connectivity index (χ4n) is 4.80. The molecule has 1 heterocycles. The van der Waals surface area contributed by atoms with E-state index in [2.05, 4.69) is 71.3 Å². The molecular weight excluding hydrogens is 472 g/mol. The molecule has 4 nitrogen and oxygen atoms in total. The van der Waals surface area contributed by atoms with Crippen LogP contribution in [0.3, 0.4) is 0 Å². The number of ether oxygens (including phenoxy) is 1. The lowest BCUT2D eigenvalue weighted by Crippen LogP contribution is -2.30. The summed E-state index contributed by atoms with van der Waals surface area (Å²) in [5.74, 6) is 0.0356.